The highest BCUT2D eigenvalue weighted by Gasteiger charge is 2.48. The zero-order chi connectivity index (χ0) is 21.6. The molecule has 2 atom stereocenters. The Hall–Kier alpha value is -1.91. The molecular weight excluding hydrogens is 398 g/mol. The fourth-order valence-corrected chi connectivity index (χ4v) is 4.92. The molecule has 0 spiro atoms. The number of carbonyl (C=O) groups is 2. The summed E-state index contributed by atoms with van der Waals surface area (Å²) in [6.07, 6.45) is 11.6. The van der Waals surface area contributed by atoms with Gasteiger partial charge in [-0.25, -0.2) is 0 Å². The second kappa shape index (κ2) is 10.4. The predicted octanol–water partition coefficient (Wildman–Crippen LogP) is 4.64. The van der Waals surface area contributed by atoms with E-state index in [-0.39, 0.29) is 23.8 Å². The Balaban J connectivity index is 0.00000124. The van der Waals surface area contributed by atoms with Gasteiger partial charge in [0.15, 0.2) is 6.10 Å². The van der Waals surface area contributed by atoms with Gasteiger partial charge in [0.25, 0.3) is 0 Å². The molecule has 3 fully saturated rings. The van der Waals surface area contributed by atoms with Gasteiger partial charge in [-0.05, 0) is 25.3 Å². The topological polar surface area (TPSA) is 43.4 Å². The van der Waals surface area contributed by atoms with Crippen LogP contribution in [0.2, 0.25) is 0 Å². The summed E-state index contributed by atoms with van der Waals surface area (Å²) in [5, 5.41) is 0. The summed E-state index contributed by atoms with van der Waals surface area (Å²) in [6, 6.07) is 9.80. The molecular formula is C25H33ClNO3+. The van der Waals surface area contributed by atoms with Crippen molar-refractivity contribution < 1.29 is 18.8 Å². The van der Waals surface area contributed by atoms with Gasteiger partial charge in [-0.15, -0.1) is 11.6 Å². The maximum atomic E-state index is 12.8. The third-order valence-electron chi connectivity index (χ3n) is 6.76. The van der Waals surface area contributed by atoms with Crippen LogP contribution in [0.1, 0.15) is 44.1 Å². The minimum absolute atomic E-state index is 0.0650. The first-order chi connectivity index (χ1) is 14.6. The van der Waals surface area contributed by atoms with E-state index in [4.69, 9.17) is 4.74 Å². The number of quaternary nitrogens is 1. The lowest BCUT2D eigenvalue weighted by Gasteiger charge is -2.51. The molecule has 4 aliphatic rings. The van der Waals surface area contributed by atoms with Crippen LogP contribution in [-0.4, -0.2) is 54.9 Å². The van der Waals surface area contributed by atoms with Gasteiger partial charge in [-0.1, -0.05) is 48.6 Å². The SMILES string of the molecule is CC(C(=O)O[C@H]1C[N+]2(CC(=O)C3=CCCC=C3)CCC1CC2)c1ccccc1.CCl. The highest BCUT2D eigenvalue weighted by molar-refractivity contribution is 6.15. The van der Waals surface area contributed by atoms with Crippen molar-refractivity contribution in [3.05, 3.63) is 59.7 Å². The van der Waals surface area contributed by atoms with Crippen LogP contribution in [0.25, 0.3) is 0 Å². The number of hydrogen-bond donors (Lipinski definition) is 0. The Kier molecular flexibility index (Phi) is 7.90. The maximum Gasteiger partial charge on any atom is 0.313 e. The number of ether oxygens (including phenoxy) is 1. The molecule has 3 aliphatic heterocycles. The maximum absolute atomic E-state index is 12.8. The van der Waals surface area contributed by atoms with E-state index >= 15 is 0 Å². The van der Waals surface area contributed by atoms with E-state index in [0.717, 1.165) is 60.9 Å². The number of carbonyl (C=O) groups excluding carboxylic acids is 2. The second-order valence-electron chi connectivity index (χ2n) is 8.64. The van der Waals surface area contributed by atoms with Gasteiger partial charge < -0.3 is 9.22 Å². The van der Waals surface area contributed by atoms with Crippen LogP contribution in [0.5, 0.6) is 0 Å². The van der Waals surface area contributed by atoms with Gasteiger partial charge >= 0.3 is 5.97 Å². The van der Waals surface area contributed by atoms with Crippen LogP contribution >= 0.6 is 11.6 Å². The van der Waals surface area contributed by atoms with Gasteiger partial charge in [-0.2, -0.15) is 0 Å². The number of benzene rings is 1. The molecule has 3 saturated heterocycles. The van der Waals surface area contributed by atoms with Crippen molar-refractivity contribution >= 4 is 23.4 Å². The largest absolute Gasteiger partial charge is 0.456 e. The fourth-order valence-electron chi connectivity index (χ4n) is 4.92. The zero-order valence-corrected chi connectivity index (χ0v) is 18.8. The van der Waals surface area contributed by atoms with Gasteiger partial charge in [-0.3, -0.25) is 9.59 Å². The van der Waals surface area contributed by atoms with Crippen molar-refractivity contribution in [2.75, 3.05) is 32.6 Å². The average molecular weight is 431 g/mol. The molecule has 1 unspecified atom stereocenters. The van der Waals surface area contributed by atoms with Crippen LogP contribution in [0.3, 0.4) is 0 Å². The van der Waals surface area contributed by atoms with E-state index < -0.39 is 0 Å². The molecule has 2 bridgehead atoms. The summed E-state index contributed by atoms with van der Waals surface area (Å²) in [4.78, 5) is 25.6. The first-order valence-corrected chi connectivity index (χ1v) is 11.7. The summed E-state index contributed by atoms with van der Waals surface area (Å²) >= 11 is 4.64. The van der Waals surface area contributed by atoms with Gasteiger partial charge in [0.2, 0.25) is 5.78 Å². The molecule has 0 amide bonds. The van der Waals surface area contributed by atoms with E-state index in [2.05, 4.69) is 23.8 Å². The molecule has 1 aromatic carbocycles. The fraction of sp³-hybridized carbons (Fsp3) is 0.520. The number of hydrogen-bond acceptors (Lipinski definition) is 3. The lowest BCUT2D eigenvalue weighted by Crippen LogP contribution is -2.65. The zero-order valence-electron chi connectivity index (χ0n) is 18.1. The quantitative estimate of drug-likeness (QED) is 0.375. The Morgan fingerprint density at radius 1 is 1.13 bits per heavy atom. The van der Waals surface area contributed by atoms with Crippen LogP contribution < -0.4 is 0 Å². The number of ketones is 1. The summed E-state index contributed by atoms with van der Waals surface area (Å²) in [6.45, 7) is 5.27. The predicted molar refractivity (Wildman–Crippen MR) is 120 cm³/mol. The van der Waals surface area contributed by atoms with Crippen molar-refractivity contribution in [3.8, 4) is 0 Å². The molecule has 3 heterocycles. The van der Waals surface area contributed by atoms with Gasteiger partial charge in [0.1, 0.15) is 13.1 Å². The third kappa shape index (κ3) is 5.22. The Morgan fingerprint density at radius 2 is 1.83 bits per heavy atom. The first kappa shape index (κ1) is 22.8. The molecule has 5 rings (SSSR count). The molecule has 0 radical (unpaired) electrons. The highest BCUT2D eigenvalue weighted by atomic mass is 35.5. The van der Waals surface area contributed by atoms with Crippen LogP contribution in [-0.2, 0) is 14.3 Å². The minimum atomic E-state index is -0.260. The third-order valence-corrected chi connectivity index (χ3v) is 6.76. The number of allylic oxidation sites excluding steroid dienone is 3. The van der Waals surface area contributed by atoms with Crippen molar-refractivity contribution in [2.45, 2.75) is 44.6 Å². The van der Waals surface area contributed by atoms with E-state index in [1.807, 2.05) is 43.3 Å². The van der Waals surface area contributed by atoms with Crippen molar-refractivity contribution in [1.82, 2.24) is 0 Å². The van der Waals surface area contributed by atoms with Crippen molar-refractivity contribution in [3.63, 3.8) is 0 Å². The molecule has 0 N–H and O–H groups in total. The Labute approximate surface area is 185 Å². The highest BCUT2D eigenvalue weighted by Crippen LogP contribution is 2.36. The summed E-state index contributed by atoms with van der Waals surface area (Å²) in [5.74, 6) is 0.270. The van der Waals surface area contributed by atoms with E-state index in [1.165, 1.54) is 6.38 Å². The Bertz CT molecular complexity index is 794. The molecule has 0 saturated carbocycles. The second-order valence-corrected chi connectivity index (χ2v) is 8.64. The lowest BCUT2D eigenvalue weighted by molar-refractivity contribution is -0.938. The molecule has 0 aromatic heterocycles. The van der Waals surface area contributed by atoms with E-state index in [1.54, 1.807) is 0 Å². The number of Topliss-reactive ketones (excluding diaryl/α,β-unsaturated/α-hetero) is 1. The normalized spacial score (nSPS) is 28.0. The summed E-state index contributed by atoms with van der Waals surface area (Å²) < 4.78 is 6.78. The molecule has 162 valence electrons. The number of halogens is 1. The Morgan fingerprint density at radius 3 is 2.47 bits per heavy atom. The number of alkyl halides is 1. The summed E-state index contributed by atoms with van der Waals surface area (Å²) in [7, 11) is 0. The number of nitrogens with zero attached hydrogens (tertiary/aromatic N) is 1. The molecule has 4 nitrogen and oxygen atoms in total. The molecule has 5 heteroatoms. The first-order valence-electron chi connectivity index (χ1n) is 10.9. The van der Waals surface area contributed by atoms with E-state index in [0.29, 0.717) is 12.5 Å². The molecule has 1 aromatic rings. The monoisotopic (exact) mass is 430 g/mol. The average Bonchev–Trinajstić information content (AvgIpc) is 2.81. The van der Waals surface area contributed by atoms with Crippen molar-refractivity contribution in [1.29, 1.82) is 0 Å². The van der Waals surface area contributed by atoms with Gasteiger partial charge in [0, 0.05) is 30.7 Å². The number of esters is 1. The standard InChI is InChI=1S/C24H30NO3.CH3Cl/c1-18(19-8-4-2-5-9-19)24(27)28-23-17-25(14-12-21(23)13-15-25)16-22(26)20-10-6-3-7-11-20;1-2/h2,4-6,8-11,18,21,23H,3,7,12-17H2,1H3;1H3/q+1;/t18?,21?,23-,25?;/m0./s1. The number of rotatable bonds is 6. The smallest absolute Gasteiger partial charge is 0.313 e. The minimum Gasteiger partial charge on any atom is -0.456 e. The lowest BCUT2D eigenvalue weighted by atomic mass is 9.82. The molecule has 1 aliphatic carbocycles. The van der Waals surface area contributed by atoms with Crippen LogP contribution in [0, 0.1) is 5.92 Å². The van der Waals surface area contributed by atoms with Gasteiger partial charge in [0.05, 0.1) is 19.0 Å². The molecule has 30 heavy (non-hydrogen) atoms. The van der Waals surface area contributed by atoms with Crippen LogP contribution in [0.4, 0.5) is 0 Å². The van der Waals surface area contributed by atoms with Crippen molar-refractivity contribution in [2.24, 2.45) is 5.92 Å². The number of fused-ring (bicyclic) bond motifs is 3. The number of piperidine rings is 3. The van der Waals surface area contributed by atoms with E-state index in [9.17, 15) is 9.59 Å². The summed E-state index contributed by atoms with van der Waals surface area (Å²) in [5.41, 5.74) is 1.85. The van der Waals surface area contributed by atoms with Crippen LogP contribution in [0.15, 0.2) is 54.1 Å².